The van der Waals surface area contributed by atoms with Gasteiger partial charge in [-0.1, -0.05) is 338 Å². The molecule has 708 valence electrons. The molecule has 0 fully saturated rings. The minimum Gasteiger partial charge on any atom is -0.465 e. The van der Waals surface area contributed by atoms with Crippen molar-refractivity contribution in [2.24, 2.45) is 0 Å². The Hall–Kier alpha value is -0.326. The van der Waals surface area contributed by atoms with Crippen molar-refractivity contribution in [3.63, 3.8) is 0 Å². The number of thioether (sulfide) groups is 2. The van der Waals surface area contributed by atoms with Gasteiger partial charge in [0.2, 0.25) is 0 Å². The monoisotopic (exact) mass is 1750 g/mol. The Morgan fingerprint density at radius 1 is 0.263 bits per heavy atom. The van der Waals surface area contributed by atoms with E-state index in [2.05, 4.69) is 91.4 Å². The summed E-state index contributed by atoms with van der Waals surface area (Å²) in [7, 11) is -4.54. The molecule has 0 bridgehead atoms. The van der Waals surface area contributed by atoms with E-state index in [0.717, 1.165) is 218 Å². The second kappa shape index (κ2) is 95.8. The first-order chi connectivity index (χ1) is 57.7. The molecule has 4 atom stereocenters. The van der Waals surface area contributed by atoms with Crippen molar-refractivity contribution in [3.05, 3.63) is 0 Å². The average Bonchev–Trinajstić information content (AvgIpc) is 0.908. The van der Waals surface area contributed by atoms with E-state index < -0.39 is 17.1 Å². The maximum Gasteiger partial charge on any atom is 0.333 e. The summed E-state index contributed by atoms with van der Waals surface area (Å²) in [4.78, 5) is 31.1. The molecule has 4 unspecified atom stereocenters. The molecule has 0 aliphatic heterocycles. The first-order valence-corrected chi connectivity index (χ1v) is 59.5. The summed E-state index contributed by atoms with van der Waals surface area (Å²) in [6.07, 6.45) is 79.2. The Kier molecular flexibility index (Phi) is 97.2. The van der Waals surface area contributed by atoms with Gasteiger partial charge in [0.1, 0.15) is 23.1 Å². The zero-order chi connectivity index (χ0) is 86.7. The third kappa shape index (κ3) is 87.7. The van der Waals surface area contributed by atoms with Crippen LogP contribution in [0.2, 0.25) is 26.2 Å². The highest BCUT2D eigenvalue weighted by Gasteiger charge is 2.31. The molecule has 0 aromatic carbocycles. The molecule has 18 heteroatoms. The maximum absolute atomic E-state index is 12.9. The number of rotatable bonds is 98. The first-order valence-electron chi connectivity index (χ1n) is 51.8. The van der Waals surface area contributed by atoms with Gasteiger partial charge in [-0.15, -0.1) is 23.5 Å². The van der Waals surface area contributed by atoms with Crippen LogP contribution in [0, 0.1) is 0 Å². The highest BCUT2D eigenvalue weighted by molar-refractivity contribution is 8.00. The minimum absolute atomic E-state index is 0.00849. The second-order valence-corrected chi connectivity index (χ2v) is 45.0. The standard InChI is InChI=1S/2C50H103NO6SSi/c2*1-7-11-15-18-20-21-28-37-47-58-48(38-14-10-4)50(53)55-45-35-26-23-30-40-51(42-32-33-43-52)41-31-24-27-36-46-56-59(5,6)57-49(39-29-22-17-13-9-3)54-44-34-25-19-16-12-8-2/h2*48-49,52H,7-47H2,1-6H3. The Labute approximate surface area is 746 Å². The molecule has 0 heterocycles. The Balaban J connectivity index is 0. The number of esters is 2. The van der Waals surface area contributed by atoms with E-state index in [9.17, 15) is 19.8 Å². The summed E-state index contributed by atoms with van der Waals surface area (Å²) in [5.74, 6) is 2.19. The van der Waals surface area contributed by atoms with Gasteiger partial charge in [0, 0.05) is 39.6 Å². The topological polar surface area (TPSA) is 155 Å². The average molecular weight is 1750 g/mol. The predicted octanol–water partition coefficient (Wildman–Crippen LogP) is 29.9. The normalized spacial score (nSPS) is 13.1. The Morgan fingerprint density at radius 2 is 0.492 bits per heavy atom. The lowest BCUT2D eigenvalue weighted by Crippen LogP contribution is -2.40. The molecular formula is C100H206N2O12S2Si2. The third-order valence-corrected chi connectivity index (χ3v) is 29.1. The lowest BCUT2D eigenvalue weighted by atomic mass is 10.1. The van der Waals surface area contributed by atoms with Crippen LogP contribution >= 0.6 is 23.5 Å². The van der Waals surface area contributed by atoms with Crippen LogP contribution in [0.1, 0.15) is 479 Å². The molecule has 0 saturated heterocycles. The Bertz CT molecular complexity index is 1840. The smallest absolute Gasteiger partial charge is 0.333 e. The van der Waals surface area contributed by atoms with Crippen LogP contribution in [0.25, 0.3) is 0 Å². The van der Waals surface area contributed by atoms with E-state index in [1.165, 1.54) is 283 Å². The van der Waals surface area contributed by atoms with Gasteiger partial charge < -0.3 is 56.7 Å². The van der Waals surface area contributed by atoms with Crippen LogP contribution in [-0.4, -0.2) is 176 Å². The molecule has 2 N–H and O–H groups in total. The number of ether oxygens (including phenoxy) is 4. The number of carbonyl (C=O) groups is 2. The largest absolute Gasteiger partial charge is 0.465 e. The van der Waals surface area contributed by atoms with Crippen LogP contribution in [0.15, 0.2) is 0 Å². The molecular weight excluding hydrogens is 1540 g/mol. The summed E-state index contributed by atoms with van der Waals surface area (Å²) in [5, 5.41) is 18.7. The van der Waals surface area contributed by atoms with Crippen molar-refractivity contribution in [2.45, 2.75) is 528 Å². The van der Waals surface area contributed by atoms with Gasteiger partial charge in [-0.25, -0.2) is 0 Å². The number of aliphatic hydroxyl groups is 2. The molecule has 0 rings (SSSR count). The van der Waals surface area contributed by atoms with Crippen molar-refractivity contribution in [2.75, 3.05) is 104 Å². The van der Waals surface area contributed by atoms with E-state index in [0.29, 0.717) is 13.2 Å². The lowest BCUT2D eigenvalue weighted by Gasteiger charge is -2.29. The van der Waals surface area contributed by atoms with Crippen molar-refractivity contribution in [3.8, 4) is 0 Å². The Morgan fingerprint density at radius 3 is 0.771 bits per heavy atom. The SMILES string of the molecule is CCCCCCCCCCSC(CCCC)C(=O)OCCCCCCN(CCCCO)CCCCCCO[Si](C)(C)OC(CCCCCCC)OCCCCCCCC.CCCCCCCCCCSC(CCCC)C(=O)OCCCCCCN(CCCCO)CCCCCCO[Si](C)(C)OC(CCCCCCC)OCCCCCCCC. The van der Waals surface area contributed by atoms with Gasteiger partial charge >= 0.3 is 29.1 Å². The fourth-order valence-electron chi connectivity index (χ4n) is 15.2. The van der Waals surface area contributed by atoms with Gasteiger partial charge in [0.05, 0.1) is 13.2 Å². The first kappa shape index (κ1) is 120. The van der Waals surface area contributed by atoms with Crippen molar-refractivity contribution < 1.29 is 56.5 Å². The molecule has 0 spiro atoms. The fourth-order valence-corrected chi connectivity index (χ4v) is 20.6. The van der Waals surface area contributed by atoms with E-state index in [1.807, 2.05) is 23.5 Å². The highest BCUT2D eigenvalue weighted by atomic mass is 32.2. The van der Waals surface area contributed by atoms with Crippen molar-refractivity contribution in [1.29, 1.82) is 0 Å². The number of nitrogens with zero attached hydrogens (tertiary/aromatic N) is 2. The summed E-state index contributed by atoms with van der Waals surface area (Å²) in [6.45, 7) is 38.2. The fraction of sp³-hybridized carbons (Fsp3) is 0.980. The third-order valence-electron chi connectivity index (χ3n) is 22.9. The highest BCUT2D eigenvalue weighted by Crippen LogP contribution is 2.26. The number of hydrogen-bond donors (Lipinski definition) is 2. The van der Waals surface area contributed by atoms with Crippen LogP contribution in [0.5, 0.6) is 0 Å². The molecule has 0 aromatic heterocycles. The van der Waals surface area contributed by atoms with E-state index in [4.69, 9.17) is 36.7 Å². The summed E-state index contributed by atoms with van der Waals surface area (Å²) in [5.41, 5.74) is 0. The lowest BCUT2D eigenvalue weighted by molar-refractivity contribution is -0.144. The number of hydrogen-bond acceptors (Lipinski definition) is 16. The summed E-state index contributed by atoms with van der Waals surface area (Å²) >= 11 is 3.67. The molecule has 0 aliphatic carbocycles. The molecule has 0 radical (unpaired) electrons. The molecule has 0 amide bonds. The quantitative estimate of drug-likeness (QED) is 0.0257. The van der Waals surface area contributed by atoms with Crippen molar-refractivity contribution in [1.82, 2.24) is 9.80 Å². The van der Waals surface area contributed by atoms with Crippen LogP contribution < -0.4 is 0 Å². The van der Waals surface area contributed by atoms with Gasteiger partial charge in [0.25, 0.3) is 0 Å². The minimum atomic E-state index is -2.27. The van der Waals surface area contributed by atoms with Crippen LogP contribution in [0.3, 0.4) is 0 Å². The molecule has 0 aromatic rings. The zero-order valence-corrected chi connectivity index (χ0v) is 84.6. The maximum atomic E-state index is 12.9. The zero-order valence-electron chi connectivity index (χ0n) is 81.0. The number of carbonyl (C=O) groups excluding carboxylic acids is 2. The van der Waals surface area contributed by atoms with Crippen LogP contribution in [-0.2, 0) is 46.2 Å². The van der Waals surface area contributed by atoms with Gasteiger partial charge in [-0.3, -0.25) is 9.59 Å². The van der Waals surface area contributed by atoms with Gasteiger partial charge in [0.15, 0.2) is 0 Å². The van der Waals surface area contributed by atoms with E-state index in [1.54, 1.807) is 0 Å². The molecule has 0 aliphatic rings. The molecule has 14 nitrogen and oxygen atoms in total. The summed E-state index contributed by atoms with van der Waals surface area (Å²) < 4.78 is 50.2. The molecule has 0 saturated carbocycles. The van der Waals surface area contributed by atoms with Gasteiger partial charge in [-0.2, -0.15) is 0 Å². The number of unbranched alkanes of at least 4 members (excludes halogenated alkanes) is 48. The second-order valence-electron chi connectivity index (χ2n) is 35.8. The molecule has 118 heavy (non-hydrogen) atoms. The summed E-state index contributed by atoms with van der Waals surface area (Å²) in [6, 6.07) is 0. The number of aliphatic hydroxyl groups excluding tert-OH is 2. The predicted molar refractivity (Wildman–Crippen MR) is 520 cm³/mol. The van der Waals surface area contributed by atoms with Crippen LogP contribution in [0.4, 0.5) is 0 Å². The van der Waals surface area contributed by atoms with Gasteiger partial charge in [-0.05, 0) is 218 Å². The van der Waals surface area contributed by atoms with E-state index >= 15 is 0 Å². The van der Waals surface area contributed by atoms with Crippen molar-refractivity contribution >= 4 is 52.6 Å². The van der Waals surface area contributed by atoms with E-state index in [-0.39, 0.29) is 48.2 Å².